The number of guanidine groups is 1. The topological polar surface area (TPSA) is 77.0 Å². The minimum Gasteiger partial charge on any atom is -0.477 e. The van der Waals surface area contributed by atoms with E-state index in [0.29, 0.717) is 25.1 Å². The normalized spacial score (nSPS) is 19.9. The van der Waals surface area contributed by atoms with Crippen molar-refractivity contribution >= 4 is 5.96 Å². The molecule has 7 heteroatoms. The van der Waals surface area contributed by atoms with Crippen molar-refractivity contribution in [3.8, 4) is 5.88 Å². The third kappa shape index (κ3) is 7.72. The van der Waals surface area contributed by atoms with Crippen LogP contribution in [0.4, 0.5) is 0 Å². The van der Waals surface area contributed by atoms with Crippen LogP contribution in [0.15, 0.2) is 23.3 Å². The van der Waals surface area contributed by atoms with Gasteiger partial charge in [0.2, 0.25) is 5.88 Å². The molecule has 2 aliphatic rings. The van der Waals surface area contributed by atoms with Gasteiger partial charge in [0.25, 0.3) is 0 Å². The Kier molecular flexibility index (Phi) is 8.17. The highest BCUT2D eigenvalue weighted by Crippen LogP contribution is 2.29. The van der Waals surface area contributed by atoms with Crippen molar-refractivity contribution in [1.82, 2.24) is 15.6 Å². The number of aromatic nitrogens is 1. The summed E-state index contributed by atoms with van der Waals surface area (Å²) in [6.07, 6.45) is 7.86. The van der Waals surface area contributed by atoms with E-state index in [9.17, 15) is 0 Å². The number of rotatable bonds is 11. The molecule has 1 saturated heterocycles. The Bertz CT molecular complexity index is 586. The molecular weight excluding hydrogens is 344 g/mol. The van der Waals surface area contributed by atoms with Gasteiger partial charge in [-0.15, -0.1) is 0 Å². The molecule has 0 bridgehead atoms. The van der Waals surface area contributed by atoms with Crippen LogP contribution in [0.25, 0.3) is 0 Å². The van der Waals surface area contributed by atoms with Gasteiger partial charge in [-0.3, -0.25) is 4.99 Å². The molecule has 0 radical (unpaired) electrons. The minimum absolute atomic E-state index is 0.297. The summed E-state index contributed by atoms with van der Waals surface area (Å²) in [5.41, 5.74) is 1.12. The van der Waals surface area contributed by atoms with E-state index in [1.54, 1.807) is 13.2 Å². The minimum atomic E-state index is 0.297. The molecule has 0 amide bonds. The Balaban J connectivity index is 1.27. The average Bonchev–Trinajstić information content (AvgIpc) is 3.39. The fourth-order valence-electron chi connectivity index (χ4n) is 2.91. The van der Waals surface area contributed by atoms with E-state index in [4.69, 9.17) is 14.2 Å². The summed E-state index contributed by atoms with van der Waals surface area (Å²) in [4.78, 5) is 8.54. The van der Waals surface area contributed by atoms with Crippen molar-refractivity contribution in [1.29, 1.82) is 0 Å². The smallest absolute Gasteiger partial charge is 0.213 e. The first-order valence-electron chi connectivity index (χ1n) is 10.0. The highest BCUT2D eigenvalue weighted by molar-refractivity contribution is 5.79. The number of ether oxygens (including phenoxy) is 3. The van der Waals surface area contributed by atoms with E-state index < -0.39 is 0 Å². The monoisotopic (exact) mass is 376 g/mol. The summed E-state index contributed by atoms with van der Waals surface area (Å²) in [6.45, 7) is 4.59. The lowest BCUT2D eigenvalue weighted by Crippen LogP contribution is -2.37. The van der Waals surface area contributed by atoms with E-state index >= 15 is 0 Å². The summed E-state index contributed by atoms with van der Waals surface area (Å²) in [7, 11) is 1.78. The molecule has 2 fully saturated rings. The SMILES string of the molecule is CN=C(NCCCOCC1CCCO1)NCc1ccnc(OCC2CC2)c1. The van der Waals surface area contributed by atoms with E-state index in [2.05, 4.69) is 20.6 Å². The number of pyridine rings is 1. The molecular formula is C20H32N4O3. The first-order valence-corrected chi connectivity index (χ1v) is 10.0. The number of nitrogens with one attached hydrogen (secondary N) is 2. The van der Waals surface area contributed by atoms with Gasteiger partial charge in [-0.1, -0.05) is 0 Å². The fraction of sp³-hybridized carbons (Fsp3) is 0.700. The van der Waals surface area contributed by atoms with Gasteiger partial charge >= 0.3 is 0 Å². The second-order valence-corrected chi connectivity index (χ2v) is 7.17. The first kappa shape index (κ1) is 19.9. The third-order valence-electron chi connectivity index (χ3n) is 4.73. The Labute approximate surface area is 161 Å². The second kappa shape index (κ2) is 11.1. The van der Waals surface area contributed by atoms with Crippen LogP contribution in [0.3, 0.4) is 0 Å². The van der Waals surface area contributed by atoms with Crippen LogP contribution >= 0.6 is 0 Å². The number of hydrogen-bond donors (Lipinski definition) is 2. The molecule has 2 heterocycles. The second-order valence-electron chi connectivity index (χ2n) is 7.17. The molecule has 1 saturated carbocycles. The van der Waals surface area contributed by atoms with E-state index in [1.807, 2.05) is 12.1 Å². The summed E-state index contributed by atoms with van der Waals surface area (Å²) < 4.78 is 17.0. The van der Waals surface area contributed by atoms with Gasteiger partial charge < -0.3 is 24.8 Å². The Morgan fingerprint density at radius 3 is 3.00 bits per heavy atom. The third-order valence-corrected chi connectivity index (χ3v) is 4.73. The molecule has 2 N–H and O–H groups in total. The fourth-order valence-corrected chi connectivity index (χ4v) is 2.91. The average molecular weight is 377 g/mol. The van der Waals surface area contributed by atoms with Gasteiger partial charge in [0.15, 0.2) is 5.96 Å². The van der Waals surface area contributed by atoms with Crippen molar-refractivity contribution in [2.24, 2.45) is 10.9 Å². The van der Waals surface area contributed by atoms with Crippen LogP contribution < -0.4 is 15.4 Å². The zero-order valence-electron chi connectivity index (χ0n) is 16.3. The Hall–Kier alpha value is -1.86. The molecule has 1 aliphatic heterocycles. The van der Waals surface area contributed by atoms with Crippen molar-refractivity contribution < 1.29 is 14.2 Å². The predicted octanol–water partition coefficient (Wildman–Crippen LogP) is 2.12. The maximum atomic E-state index is 5.74. The van der Waals surface area contributed by atoms with Crippen LogP contribution in [-0.2, 0) is 16.0 Å². The van der Waals surface area contributed by atoms with Crippen molar-refractivity contribution in [2.45, 2.75) is 44.8 Å². The van der Waals surface area contributed by atoms with E-state index in [0.717, 1.165) is 63.1 Å². The van der Waals surface area contributed by atoms with Crippen molar-refractivity contribution in [3.63, 3.8) is 0 Å². The van der Waals surface area contributed by atoms with Crippen LogP contribution in [0.2, 0.25) is 0 Å². The van der Waals surface area contributed by atoms with Crippen LogP contribution in [0.1, 0.15) is 37.7 Å². The number of hydrogen-bond acceptors (Lipinski definition) is 5. The van der Waals surface area contributed by atoms with Gasteiger partial charge in [-0.25, -0.2) is 4.98 Å². The van der Waals surface area contributed by atoms with Crippen LogP contribution in [-0.4, -0.2) is 57.1 Å². The highest BCUT2D eigenvalue weighted by atomic mass is 16.5. The molecule has 1 aromatic rings. The lowest BCUT2D eigenvalue weighted by molar-refractivity contribution is 0.0168. The predicted molar refractivity (Wildman–Crippen MR) is 105 cm³/mol. The van der Waals surface area contributed by atoms with Crippen LogP contribution in [0.5, 0.6) is 5.88 Å². The largest absolute Gasteiger partial charge is 0.477 e. The van der Waals surface area contributed by atoms with Gasteiger partial charge in [-0.2, -0.15) is 0 Å². The zero-order chi connectivity index (χ0) is 18.7. The Morgan fingerprint density at radius 1 is 1.30 bits per heavy atom. The molecule has 0 spiro atoms. The van der Waals surface area contributed by atoms with Gasteiger partial charge in [0.1, 0.15) is 0 Å². The molecule has 1 aromatic heterocycles. The van der Waals surface area contributed by atoms with Crippen LogP contribution in [0, 0.1) is 5.92 Å². The van der Waals surface area contributed by atoms with Gasteiger partial charge in [0, 0.05) is 45.6 Å². The lowest BCUT2D eigenvalue weighted by Gasteiger charge is -2.13. The molecule has 150 valence electrons. The van der Waals surface area contributed by atoms with Crippen molar-refractivity contribution in [2.75, 3.05) is 40.0 Å². The van der Waals surface area contributed by atoms with E-state index in [1.165, 1.54) is 12.8 Å². The van der Waals surface area contributed by atoms with Gasteiger partial charge in [-0.05, 0) is 49.7 Å². The Morgan fingerprint density at radius 2 is 2.22 bits per heavy atom. The number of aliphatic imine (C=N–C) groups is 1. The van der Waals surface area contributed by atoms with Gasteiger partial charge in [0.05, 0.1) is 19.3 Å². The summed E-state index contributed by atoms with van der Waals surface area (Å²) in [6, 6.07) is 3.98. The highest BCUT2D eigenvalue weighted by Gasteiger charge is 2.22. The van der Waals surface area contributed by atoms with E-state index in [-0.39, 0.29) is 0 Å². The molecule has 3 rings (SSSR count). The quantitative estimate of drug-likeness (QED) is 0.350. The molecule has 27 heavy (non-hydrogen) atoms. The summed E-state index contributed by atoms with van der Waals surface area (Å²) >= 11 is 0. The molecule has 1 aliphatic carbocycles. The number of nitrogens with zero attached hydrogens (tertiary/aromatic N) is 2. The lowest BCUT2D eigenvalue weighted by atomic mass is 10.2. The first-order chi connectivity index (χ1) is 13.3. The summed E-state index contributed by atoms with van der Waals surface area (Å²) in [5, 5.41) is 6.63. The molecule has 1 unspecified atom stereocenters. The molecule has 7 nitrogen and oxygen atoms in total. The molecule has 0 aromatic carbocycles. The zero-order valence-corrected chi connectivity index (χ0v) is 16.3. The maximum Gasteiger partial charge on any atom is 0.213 e. The molecule has 1 atom stereocenters. The van der Waals surface area contributed by atoms with Crippen molar-refractivity contribution in [3.05, 3.63) is 23.9 Å². The maximum absolute atomic E-state index is 5.74. The summed E-state index contributed by atoms with van der Waals surface area (Å²) in [5.74, 6) is 2.21. The standard InChI is InChI=1S/C20H32N4O3/c1-21-20(23-8-3-10-25-15-18-4-2-11-26-18)24-13-17-7-9-22-19(12-17)27-14-16-5-6-16/h7,9,12,16,18H,2-6,8,10-11,13-15H2,1H3,(H2,21,23,24).